The number of hydrogen-bond donors (Lipinski definition) is 2. The van der Waals surface area contributed by atoms with E-state index in [1.54, 1.807) is 4.90 Å². The molecule has 1 aliphatic heterocycles. The van der Waals surface area contributed by atoms with E-state index < -0.39 is 5.97 Å². The molecule has 5 heteroatoms. The highest BCUT2D eigenvalue weighted by molar-refractivity contribution is 5.74. The van der Waals surface area contributed by atoms with Crippen molar-refractivity contribution in [2.45, 2.75) is 40.0 Å². The SMILES string of the molecule is CCC(C)(C)CNC(=O)N1CCC(CC(=O)O)C1. The Labute approximate surface area is 109 Å². The van der Waals surface area contributed by atoms with Gasteiger partial charge in [0, 0.05) is 26.1 Å². The Morgan fingerprint density at radius 3 is 2.67 bits per heavy atom. The molecule has 5 nitrogen and oxygen atoms in total. The van der Waals surface area contributed by atoms with Gasteiger partial charge in [0.05, 0.1) is 0 Å². The molecule has 0 aliphatic carbocycles. The van der Waals surface area contributed by atoms with E-state index in [-0.39, 0.29) is 23.8 Å². The average Bonchev–Trinajstić information content (AvgIpc) is 2.73. The van der Waals surface area contributed by atoms with Gasteiger partial charge in [-0.1, -0.05) is 20.8 Å². The predicted octanol–water partition coefficient (Wildman–Crippen LogP) is 1.93. The zero-order valence-electron chi connectivity index (χ0n) is 11.5. The Morgan fingerprint density at radius 1 is 1.44 bits per heavy atom. The lowest BCUT2D eigenvalue weighted by molar-refractivity contribution is -0.138. The van der Waals surface area contributed by atoms with Crippen LogP contribution in [0.25, 0.3) is 0 Å². The van der Waals surface area contributed by atoms with Crippen LogP contribution in [0, 0.1) is 11.3 Å². The van der Waals surface area contributed by atoms with Crippen LogP contribution in [0.15, 0.2) is 0 Å². The second-order valence-electron chi connectivity index (χ2n) is 5.88. The van der Waals surface area contributed by atoms with Crippen LogP contribution in [-0.2, 0) is 4.79 Å². The predicted molar refractivity (Wildman–Crippen MR) is 69.4 cm³/mol. The molecule has 2 N–H and O–H groups in total. The molecular weight excluding hydrogens is 232 g/mol. The van der Waals surface area contributed by atoms with Crippen molar-refractivity contribution in [2.24, 2.45) is 11.3 Å². The van der Waals surface area contributed by atoms with Gasteiger partial charge in [0.2, 0.25) is 0 Å². The number of carboxylic acid groups (broad SMARTS) is 1. The molecule has 18 heavy (non-hydrogen) atoms. The van der Waals surface area contributed by atoms with Crippen molar-refractivity contribution in [3.05, 3.63) is 0 Å². The topological polar surface area (TPSA) is 69.6 Å². The van der Waals surface area contributed by atoms with Crippen molar-refractivity contribution < 1.29 is 14.7 Å². The molecule has 1 unspecified atom stereocenters. The molecule has 0 radical (unpaired) electrons. The third-order valence-electron chi connectivity index (χ3n) is 3.71. The Morgan fingerprint density at radius 2 is 2.11 bits per heavy atom. The normalized spacial score (nSPS) is 19.9. The molecule has 0 bridgehead atoms. The molecule has 0 aromatic carbocycles. The standard InChI is InChI=1S/C13H24N2O3/c1-4-13(2,3)9-14-12(18)15-6-5-10(8-15)7-11(16)17/h10H,4-9H2,1-3H3,(H,14,18)(H,16,17). The van der Waals surface area contributed by atoms with Crippen LogP contribution < -0.4 is 5.32 Å². The van der Waals surface area contributed by atoms with Crippen LogP contribution in [-0.4, -0.2) is 41.6 Å². The lowest BCUT2D eigenvalue weighted by atomic mass is 9.90. The lowest BCUT2D eigenvalue weighted by Gasteiger charge is -2.25. The third-order valence-corrected chi connectivity index (χ3v) is 3.71. The van der Waals surface area contributed by atoms with Gasteiger partial charge in [0.1, 0.15) is 0 Å². The van der Waals surface area contributed by atoms with Gasteiger partial charge in [-0.25, -0.2) is 4.79 Å². The first kappa shape index (κ1) is 14.8. The number of likely N-dealkylation sites (tertiary alicyclic amines) is 1. The van der Waals surface area contributed by atoms with Gasteiger partial charge in [0.15, 0.2) is 0 Å². The molecule has 0 aromatic heterocycles. The van der Waals surface area contributed by atoms with Crippen molar-refractivity contribution in [3.8, 4) is 0 Å². The quantitative estimate of drug-likeness (QED) is 0.789. The second-order valence-corrected chi connectivity index (χ2v) is 5.88. The number of aliphatic carboxylic acids is 1. The van der Waals surface area contributed by atoms with E-state index in [1.165, 1.54) is 0 Å². The van der Waals surface area contributed by atoms with Gasteiger partial charge < -0.3 is 15.3 Å². The van der Waals surface area contributed by atoms with Crippen molar-refractivity contribution in [1.82, 2.24) is 10.2 Å². The highest BCUT2D eigenvalue weighted by Gasteiger charge is 2.28. The molecule has 1 fully saturated rings. The molecule has 0 spiro atoms. The number of amides is 2. The van der Waals surface area contributed by atoms with Crippen LogP contribution >= 0.6 is 0 Å². The van der Waals surface area contributed by atoms with Gasteiger partial charge in [-0.3, -0.25) is 4.79 Å². The second kappa shape index (κ2) is 6.07. The first-order valence-electron chi connectivity index (χ1n) is 6.58. The Kier molecular flexibility index (Phi) is 4.99. The fourth-order valence-electron chi connectivity index (χ4n) is 1.98. The minimum atomic E-state index is -0.783. The number of carbonyl (C=O) groups excluding carboxylic acids is 1. The Hall–Kier alpha value is -1.26. The van der Waals surface area contributed by atoms with Gasteiger partial charge in [0.25, 0.3) is 0 Å². The average molecular weight is 256 g/mol. The monoisotopic (exact) mass is 256 g/mol. The van der Waals surface area contributed by atoms with Gasteiger partial charge >= 0.3 is 12.0 Å². The van der Waals surface area contributed by atoms with Crippen LogP contribution in [0.4, 0.5) is 4.79 Å². The van der Waals surface area contributed by atoms with E-state index >= 15 is 0 Å². The van der Waals surface area contributed by atoms with Crippen LogP contribution in [0.5, 0.6) is 0 Å². The van der Waals surface area contributed by atoms with Gasteiger partial charge in [-0.15, -0.1) is 0 Å². The van der Waals surface area contributed by atoms with Gasteiger partial charge in [-0.05, 0) is 24.2 Å². The van der Waals surface area contributed by atoms with Crippen molar-refractivity contribution >= 4 is 12.0 Å². The summed E-state index contributed by atoms with van der Waals surface area (Å²) >= 11 is 0. The summed E-state index contributed by atoms with van der Waals surface area (Å²) < 4.78 is 0. The molecule has 1 saturated heterocycles. The third kappa shape index (κ3) is 4.55. The number of rotatable bonds is 5. The summed E-state index contributed by atoms with van der Waals surface area (Å²) in [5.74, 6) is -0.679. The summed E-state index contributed by atoms with van der Waals surface area (Å²) in [6.45, 7) is 8.21. The minimum absolute atomic E-state index is 0.0654. The smallest absolute Gasteiger partial charge is 0.317 e. The Bertz CT molecular complexity index is 315. The van der Waals surface area contributed by atoms with E-state index in [0.29, 0.717) is 19.6 Å². The zero-order chi connectivity index (χ0) is 13.8. The summed E-state index contributed by atoms with van der Waals surface area (Å²) in [5.41, 5.74) is 0.107. The van der Waals surface area contributed by atoms with E-state index in [1.807, 2.05) is 0 Å². The summed E-state index contributed by atoms with van der Waals surface area (Å²) in [6, 6.07) is -0.0654. The number of nitrogens with one attached hydrogen (secondary N) is 1. The van der Waals surface area contributed by atoms with E-state index in [0.717, 1.165) is 12.8 Å². The number of carboxylic acids is 1. The van der Waals surface area contributed by atoms with Gasteiger partial charge in [-0.2, -0.15) is 0 Å². The zero-order valence-corrected chi connectivity index (χ0v) is 11.5. The molecule has 2 amide bonds. The summed E-state index contributed by atoms with van der Waals surface area (Å²) in [7, 11) is 0. The van der Waals surface area contributed by atoms with Crippen molar-refractivity contribution in [2.75, 3.05) is 19.6 Å². The van der Waals surface area contributed by atoms with E-state index in [9.17, 15) is 9.59 Å². The number of carbonyl (C=O) groups is 2. The van der Waals surface area contributed by atoms with E-state index in [4.69, 9.17) is 5.11 Å². The first-order chi connectivity index (χ1) is 8.34. The van der Waals surface area contributed by atoms with Crippen LogP contribution in [0.1, 0.15) is 40.0 Å². The first-order valence-corrected chi connectivity index (χ1v) is 6.58. The number of urea groups is 1. The fourth-order valence-corrected chi connectivity index (χ4v) is 1.98. The molecule has 1 atom stereocenters. The molecule has 1 aliphatic rings. The number of hydrogen-bond acceptors (Lipinski definition) is 2. The minimum Gasteiger partial charge on any atom is -0.481 e. The Balaban J connectivity index is 2.34. The maximum atomic E-state index is 11.9. The molecule has 0 saturated carbocycles. The van der Waals surface area contributed by atoms with Crippen molar-refractivity contribution in [1.29, 1.82) is 0 Å². The molecule has 0 aromatic rings. The van der Waals surface area contributed by atoms with Crippen molar-refractivity contribution in [3.63, 3.8) is 0 Å². The highest BCUT2D eigenvalue weighted by Crippen LogP contribution is 2.21. The molecule has 1 rings (SSSR count). The molecular formula is C13H24N2O3. The largest absolute Gasteiger partial charge is 0.481 e. The van der Waals surface area contributed by atoms with Crippen LogP contribution in [0.3, 0.4) is 0 Å². The van der Waals surface area contributed by atoms with Crippen LogP contribution in [0.2, 0.25) is 0 Å². The molecule has 104 valence electrons. The molecule has 1 heterocycles. The number of nitrogens with zero attached hydrogens (tertiary/aromatic N) is 1. The summed E-state index contributed by atoms with van der Waals surface area (Å²) in [5, 5.41) is 11.7. The highest BCUT2D eigenvalue weighted by atomic mass is 16.4. The summed E-state index contributed by atoms with van der Waals surface area (Å²) in [6.07, 6.45) is 1.95. The summed E-state index contributed by atoms with van der Waals surface area (Å²) in [4.78, 5) is 24.2. The van der Waals surface area contributed by atoms with E-state index in [2.05, 4.69) is 26.1 Å². The maximum Gasteiger partial charge on any atom is 0.317 e. The maximum absolute atomic E-state index is 11.9. The fraction of sp³-hybridized carbons (Fsp3) is 0.846. The lowest BCUT2D eigenvalue weighted by Crippen LogP contribution is -2.42.